The number of hydrogen-bond acceptors (Lipinski definition) is 3. The van der Waals surface area contributed by atoms with Gasteiger partial charge in [-0.3, -0.25) is 18.7 Å². The van der Waals surface area contributed by atoms with Crippen LogP contribution < -0.4 is 16.6 Å². The fraction of sp³-hybridized carbons (Fsp3) is 0.125. The molecular weight excluding hydrogens is 414 g/mol. The van der Waals surface area contributed by atoms with Gasteiger partial charge in [-0.1, -0.05) is 54.1 Å². The van der Waals surface area contributed by atoms with Gasteiger partial charge < -0.3 is 5.32 Å². The molecule has 0 radical (unpaired) electrons. The van der Waals surface area contributed by atoms with E-state index >= 15 is 0 Å². The first-order chi connectivity index (χ1) is 14.9. The summed E-state index contributed by atoms with van der Waals surface area (Å²) >= 11 is 5.94. The van der Waals surface area contributed by atoms with Crippen LogP contribution in [0.5, 0.6) is 0 Å². The first-order valence-electron chi connectivity index (χ1n) is 9.76. The summed E-state index contributed by atoms with van der Waals surface area (Å²) in [4.78, 5) is 39.0. The number of benzene rings is 3. The Morgan fingerprint density at radius 3 is 2.32 bits per heavy atom. The number of nitrogens with one attached hydrogen (secondary N) is 1. The summed E-state index contributed by atoms with van der Waals surface area (Å²) in [7, 11) is 0. The van der Waals surface area contributed by atoms with Crippen molar-refractivity contribution >= 4 is 34.1 Å². The van der Waals surface area contributed by atoms with Crippen molar-refractivity contribution in [2.45, 2.75) is 20.0 Å². The van der Waals surface area contributed by atoms with Gasteiger partial charge in [0.05, 0.1) is 17.4 Å². The number of carbonyl (C=O) groups excluding carboxylic acids is 1. The van der Waals surface area contributed by atoms with Crippen molar-refractivity contribution in [2.24, 2.45) is 0 Å². The molecule has 3 aromatic carbocycles. The molecule has 0 bridgehead atoms. The molecule has 7 heteroatoms. The van der Waals surface area contributed by atoms with E-state index in [0.29, 0.717) is 21.6 Å². The van der Waals surface area contributed by atoms with Crippen LogP contribution in [-0.2, 0) is 17.9 Å². The Morgan fingerprint density at radius 1 is 0.903 bits per heavy atom. The van der Waals surface area contributed by atoms with Crippen LogP contribution in [0.3, 0.4) is 0 Å². The zero-order valence-electron chi connectivity index (χ0n) is 16.8. The summed E-state index contributed by atoms with van der Waals surface area (Å²) < 4.78 is 2.48. The van der Waals surface area contributed by atoms with Crippen LogP contribution >= 0.6 is 11.6 Å². The van der Waals surface area contributed by atoms with Crippen molar-refractivity contribution in [3.63, 3.8) is 0 Å². The number of anilines is 1. The normalized spacial score (nSPS) is 10.9. The number of fused-ring (bicyclic) bond motifs is 1. The summed E-state index contributed by atoms with van der Waals surface area (Å²) in [5, 5.41) is 3.78. The third kappa shape index (κ3) is 4.29. The van der Waals surface area contributed by atoms with E-state index in [9.17, 15) is 14.4 Å². The average Bonchev–Trinajstić information content (AvgIpc) is 2.77. The van der Waals surface area contributed by atoms with Gasteiger partial charge in [-0.25, -0.2) is 4.79 Å². The van der Waals surface area contributed by atoms with E-state index in [1.165, 1.54) is 4.57 Å². The molecule has 6 nitrogen and oxygen atoms in total. The van der Waals surface area contributed by atoms with Gasteiger partial charge in [0.1, 0.15) is 6.54 Å². The van der Waals surface area contributed by atoms with Crippen LogP contribution in [0, 0.1) is 6.92 Å². The molecule has 1 amide bonds. The number of nitrogens with zero attached hydrogens (tertiary/aromatic N) is 2. The van der Waals surface area contributed by atoms with Gasteiger partial charge in [0.15, 0.2) is 0 Å². The first kappa shape index (κ1) is 20.6. The van der Waals surface area contributed by atoms with Gasteiger partial charge >= 0.3 is 5.69 Å². The summed E-state index contributed by atoms with van der Waals surface area (Å²) in [6.45, 7) is 1.76. The second-order valence-electron chi connectivity index (χ2n) is 7.27. The molecule has 0 atom stereocenters. The highest BCUT2D eigenvalue weighted by Gasteiger charge is 2.16. The van der Waals surface area contributed by atoms with E-state index < -0.39 is 11.2 Å². The predicted octanol–water partition coefficient (Wildman–Crippen LogP) is 3.81. The van der Waals surface area contributed by atoms with Gasteiger partial charge in [-0.15, -0.1) is 0 Å². The number of para-hydroxylation sites is 2. The van der Waals surface area contributed by atoms with Crippen LogP contribution in [0.4, 0.5) is 5.69 Å². The minimum absolute atomic E-state index is 0.0824. The van der Waals surface area contributed by atoms with Gasteiger partial charge in [0, 0.05) is 10.7 Å². The maximum absolute atomic E-state index is 13.2. The minimum Gasteiger partial charge on any atom is -0.324 e. The number of aryl methyl sites for hydroxylation is 1. The van der Waals surface area contributed by atoms with Gasteiger partial charge in [-0.2, -0.15) is 0 Å². The number of rotatable bonds is 5. The summed E-state index contributed by atoms with van der Waals surface area (Å²) in [5.74, 6) is -0.349. The Labute approximate surface area is 183 Å². The molecule has 1 heterocycles. The first-order valence-corrected chi connectivity index (χ1v) is 10.1. The SMILES string of the molecule is Cc1ccccc1NC(=O)Cn1c(=O)n(Cc2ccc(Cl)cc2)c(=O)c2ccccc21. The Kier molecular flexibility index (Phi) is 5.73. The van der Waals surface area contributed by atoms with E-state index in [1.54, 1.807) is 54.6 Å². The van der Waals surface area contributed by atoms with Crippen molar-refractivity contribution in [2.75, 3.05) is 5.32 Å². The van der Waals surface area contributed by atoms with Crippen molar-refractivity contribution in [3.05, 3.63) is 110 Å². The summed E-state index contributed by atoms with van der Waals surface area (Å²) in [6.07, 6.45) is 0. The summed E-state index contributed by atoms with van der Waals surface area (Å²) in [6, 6.07) is 21.1. The standard InChI is InChI=1S/C24H20ClN3O3/c1-16-6-2-4-8-20(16)26-22(29)15-27-21-9-5-3-7-19(21)23(30)28(24(27)31)14-17-10-12-18(25)13-11-17/h2-13H,14-15H2,1H3,(H,26,29). The fourth-order valence-corrected chi connectivity index (χ4v) is 3.61. The van der Waals surface area contributed by atoms with E-state index in [-0.39, 0.29) is 19.0 Å². The zero-order chi connectivity index (χ0) is 22.0. The van der Waals surface area contributed by atoms with Gasteiger partial charge in [-0.05, 0) is 48.4 Å². The van der Waals surface area contributed by atoms with Crippen LogP contribution in [0.2, 0.25) is 5.02 Å². The van der Waals surface area contributed by atoms with Crippen molar-refractivity contribution in [1.82, 2.24) is 9.13 Å². The molecule has 0 aliphatic rings. The second-order valence-corrected chi connectivity index (χ2v) is 7.70. The molecule has 0 unspecified atom stereocenters. The van der Waals surface area contributed by atoms with E-state index in [1.807, 2.05) is 25.1 Å². The molecule has 0 saturated heterocycles. The fourth-order valence-electron chi connectivity index (χ4n) is 3.48. The van der Waals surface area contributed by atoms with Gasteiger partial charge in [0.2, 0.25) is 5.91 Å². The minimum atomic E-state index is -0.543. The molecular formula is C24H20ClN3O3. The number of carbonyl (C=O) groups is 1. The van der Waals surface area contributed by atoms with E-state index in [2.05, 4.69) is 5.32 Å². The number of halogens is 1. The van der Waals surface area contributed by atoms with Crippen molar-refractivity contribution in [3.8, 4) is 0 Å². The maximum Gasteiger partial charge on any atom is 0.332 e. The van der Waals surface area contributed by atoms with Crippen LogP contribution in [-0.4, -0.2) is 15.0 Å². The molecule has 1 N–H and O–H groups in total. The highest BCUT2D eigenvalue weighted by molar-refractivity contribution is 6.30. The molecule has 1 aromatic heterocycles. The van der Waals surface area contributed by atoms with Crippen LogP contribution in [0.15, 0.2) is 82.4 Å². The lowest BCUT2D eigenvalue weighted by atomic mass is 10.2. The molecule has 4 rings (SSSR count). The van der Waals surface area contributed by atoms with E-state index in [4.69, 9.17) is 11.6 Å². The molecule has 0 spiro atoms. The molecule has 0 aliphatic carbocycles. The van der Waals surface area contributed by atoms with Crippen molar-refractivity contribution < 1.29 is 4.79 Å². The molecule has 0 aliphatic heterocycles. The maximum atomic E-state index is 13.2. The largest absolute Gasteiger partial charge is 0.332 e. The number of hydrogen-bond donors (Lipinski definition) is 1. The molecule has 0 saturated carbocycles. The summed E-state index contributed by atoms with van der Waals surface area (Å²) in [5.41, 5.74) is 1.84. The van der Waals surface area contributed by atoms with Crippen LogP contribution in [0.25, 0.3) is 10.9 Å². The van der Waals surface area contributed by atoms with E-state index in [0.717, 1.165) is 15.7 Å². The zero-order valence-corrected chi connectivity index (χ0v) is 17.6. The van der Waals surface area contributed by atoms with Crippen molar-refractivity contribution in [1.29, 1.82) is 0 Å². The number of amides is 1. The van der Waals surface area contributed by atoms with Crippen LogP contribution in [0.1, 0.15) is 11.1 Å². The number of aromatic nitrogens is 2. The second kappa shape index (κ2) is 8.62. The Morgan fingerprint density at radius 2 is 1.58 bits per heavy atom. The molecule has 156 valence electrons. The molecule has 31 heavy (non-hydrogen) atoms. The Hall–Kier alpha value is -3.64. The molecule has 4 aromatic rings. The third-order valence-electron chi connectivity index (χ3n) is 5.11. The third-order valence-corrected chi connectivity index (χ3v) is 5.36. The quantitative estimate of drug-likeness (QED) is 0.520. The monoisotopic (exact) mass is 433 g/mol. The van der Waals surface area contributed by atoms with Gasteiger partial charge in [0.25, 0.3) is 5.56 Å². The lowest BCUT2D eigenvalue weighted by Crippen LogP contribution is -2.42. The molecule has 0 fully saturated rings. The highest BCUT2D eigenvalue weighted by atomic mass is 35.5. The smallest absolute Gasteiger partial charge is 0.324 e. The average molecular weight is 434 g/mol. The lowest BCUT2D eigenvalue weighted by molar-refractivity contribution is -0.116. The predicted molar refractivity (Wildman–Crippen MR) is 123 cm³/mol. The Bertz CT molecular complexity index is 1390. The lowest BCUT2D eigenvalue weighted by Gasteiger charge is -2.15. The topological polar surface area (TPSA) is 73.1 Å². The Balaban J connectivity index is 1.76. The highest BCUT2D eigenvalue weighted by Crippen LogP contribution is 2.14.